The van der Waals surface area contributed by atoms with Crippen molar-refractivity contribution in [1.29, 1.82) is 5.26 Å². The second-order valence-corrected chi connectivity index (χ2v) is 6.68. The van der Waals surface area contributed by atoms with Crippen molar-refractivity contribution in [1.82, 2.24) is 0 Å². The molecule has 1 aromatic heterocycles. The summed E-state index contributed by atoms with van der Waals surface area (Å²) in [7, 11) is 0. The molecule has 2 heterocycles. The van der Waals surface area contributed by atoms with Gasteiger partial charge in [-0.15, -0.1) is 11.8 Å². The lowest BCUT2D eigenvalue weighted by Crippen LogP contribution is -2.16. The van der Waals surface area contributed by atoms with Crippen molar-refractivity contribution in [3.8, 4) is 17.4 Å². The fourth-order valence-electron chi connectivity index (χ4n) is 2.67. The standard InChI is InChI=1S/C18H17NO2S/c1-4-10(2)12-5-6-16-13(7-12)18-14(9-22-16)17(20)11(3)15(8-19)21-18/h5-7,10H,4,9H2,1-3H3. The minimum atomic E-state index is -0.0649. The number of rotatable bonds is 2. The van der Waals surface area contributed by atoms with Crippen molar-refractivity contribution in [2.24, 2.45) is 0 Å². The highest BCUT2D eigenvalue weighted by molar-refractivity contribution is 7.98. The van der Waals surface area contributed by atoms with E-state index in [9.17, 15) is 10.1 Å². The predicted molar refractivity (Wildman–Crippen MR) is 88.1 cm³/mol. The van der Waals surface area contributed by atoms with Crippen LogP contribution in [-0.2, 0) is 5.75 Å². The highest BCUT2D eigenvalue weighted by Gasteiger charge is 2.25. The van der Waals surface area contributed by atoms with Crippen LogP contribution in [0, 0.1) is 18.3 Å². The third-order valence-corrected chi connectivity index (χ3v) is 5.44. The number of nitriles is 1. The molecule has 1 aliphatic rings. The Morgan fingerprint density at radius 2 is 2.23 bits per heavy atom. The van der Waals surface area contributed by atoms with Crippen LogP contribution in [-0.4, -0.2) is 0 Å². The Morgan fingerprint density at radius 3 is 2.91 bits per heavy atom. The van der Waals surface area contributed by atoms with E-state index in [-0.39, 0.29) is 11.2 Å². The van der Waals surface area contributed by atoms with Gasteiger partial charge in [0.15, 0.2) is 5.43 Å². The number of hydrogen-bond donors (Lipinski definition) is 0. The number of thioether (sulfide) groups is 1. The van der Waals surface area contributed by atoms with E-state index in [0.717, 1.165) is 16.9 Å². The predicted octanol–water partition coefficient (Wildman–Crippen LogP) is 4.61. The normalized spacial score (nSPS) is 13.9. The molecule has 0 N–H and O–H groups in total. The van der Waals surface area contributed by atoms with Gasteiger partial charge in [-0.2, -0.15) is 5.26 Å². The summed E-state index contributed by atoms with van der Waals surface area (Å²) in [6.45, 7) is 6.00. The maximum atomic E-state index is 12.5. The second-order valence-electron chi connectivity index (χ2n) is 5.66. The molecule has 1 unspecified atom stereocenters. The van der Waals surface area contributed by atoms with Crippen LogP contribution in [0.15, 0.2) is 32.3 Å². The molecule has 0 saturated heterocycles. The van der Waals surface area contributed by atoms with E-state index >= 15 is 0 Å². The van der Waals surface area contributed by atoms with Gasteiger partial charge in [0.05, 0.1) is 11.1 Å². The first-order chi connectivity index (χ1) is 10.6. The minimum absolute atomic E-state index is 0.0649. The van der Waals surface area contributed by atoms with Gasteiger partial charge in [0.2, 0.25) is 5.76 Å². The molecule has 0 spiro atoms. The lowest BCUT2D eigenvalue weighted by molar-refractivity contribution is 0.536. The van der Waals surface area contributed by atoms with Gasteiger partial charge in [-0.1, -0.05) is 19.9 Å². The first-order valence-electron chi connectivity index (χ1n) is 7.40. The Bertz CT molecular complexity index is 845. The number of benzene rings is 1. The first-order valence-corrected chi connectivity index (χ1v) is 8.39. The molecular formula is C18H17NO2S. The Kier molecular flexibility index (Phi) is 3.84. The molecule has 1 aromatic carbocycles. The van der Waals surface area contributed by atoms with Gasteiger partial charge in [-0.25, -0.2) is 0 Å². The fraction of sp³-hybridized carbons (Fsp3) is 0.333. The van der Waals surface area contributed by atoms with E-state index in [1.807, 2.05) is 6.07 Å². The van der Waals surface area contributed by atoms with Crippen molar-refractivity contribution in [2.75, 3.05) is 0 Å². The lowest BCUT2D eigenvalue weighted by atomic mass is 9.95. The Morgan fingerprint density at radius 1 is 1.45 bits per heavy atom. The third-order valence-electron chi connectivity index (χ3n) is 4.34. The topological polar surface area (TPSA) is 54.0 Å². The van der Waals surface area contributed by atoms with Crippen molar-refractivity contribution < 1.29 is 4.42 Å². The van der Waals surface area contributed by atoms with Crippen LogP contribution in [0.5, 0.6) is 0 Å². The maximum Gasteiger partial charge on any atom is 0.210 e. The molecule has 2 aromatic rings. The summed E-state index contributed by atoms with van der Waals surface area (Å²) in [6.07, 6.45) is 1.06. The fourth-order valence-corrected chi connectivity index (χ4v) is 3.70. The smallest absolute Gasteiger partial charge is 0.210 e. The van der Waals surface area contributed by atoms with E-state index in [1.54, 1.807) is 18.7 Å². The van der Waals surface area contributed by atoms with Gasteiger partial charge < -0.3 is 4.42 Å². The van der Waals surface area contributed by atoms with Crippen molar-refractivity contribution in [3.63, 3.8) is 0 Å². The lowest BCUT2D eigenvalue weighted by Gasteiger charge is -2.20. The van der Waals surface area contributed by atoms with E-state index in [0.29, 0.717) is 28.6 Å². The zero-order valence-corrected chi connectivity index (χ0v) is 13.7. The molecular weight excluding hydrogens is 294 g/mol. The summed E-state index contributed by atoms with van der Waals surface area (Å²) in [6, 6.07) is 8.33. The SMILES string of the molecule is CCC(C)c1ccc2c(c1)-c1oc(C#N)c(C)c(=O)c1CS2. The largest absolute Gasteiger partial charge is 0.445 e. The van der Waals surface area contributed by atoms with E-state index in [2.05, 4.69) is 32.0 Å². The Hall–Kier alpha value is -1.99. The van der Waals surface area contributed by atoms with Crippen LogP contribution in [0.4, 0.5) is 0 Å². The summed E-state index contributed by atoms with van der Waals surface area (Å²) in [5, 5.41) is 9.19. The number of nitrogens with zero attached hydrogens (tertiary/aromatic N) is 1. The van der Waals surface area contributed by atoms with Gasteiger partial charge in [0, 0.05) is 16.2 Å². The molecule has 0 aliphatic carbocycles. The summed E-state index contributed by atoms with van der Waals surface area (Å²) in [4.78, 5) is 13.6. The van der Waals surface area contributed by atoms with Gasteiger partial charge in [-0.05, 0) is 37.0 Å². The van der Waals surface area contributed by atoms with Gasteiger partial charge >= 0.3 is 0 Å². The number of hydrogen-bond acceptors (Lipinski definition) is 4. The van der Waals surface area contributed by atoms with Crippen LogP contribution in [0.2, 0.25) is 0 Å². The van der Waals surface area contributed by atoms with E-state index in [1.165, 1.54) is 5.56 Å². The zero-order valence-electron chi connectivity index (χ0n) is 12.9. The molecule has 0 amide bonds. The van der Waals surface area contributed by atoms with Crippen LogP contribution in [0.1, 0.15) is 48.6 Å². The quantitative estimate of drug-likeness (QED) is 0.813. The second kappa shape index (κ2) is 5.66. The summed E-state index contributed by atoms with van der Waals surface area (Å²) >= 11 is 1.65. The Labute approximate surface area is 134 Å². The van der Waals surface area contributed by atoms with Crippen LogP contribution in [0.25, 0.3) is 11.3 Å². The monoisotopic (exact) mass is 311 g/mol. The molecule has 0 bridgehead atoms. The highest BCUT2D eigenvalue weighted by atomic mass is 32.2. The highest BCUT2D eigenvalue weighted by Crippen LogP contribution is 2.42. The molecule has 3 nitrogen and oxygen atoms in total. The summed E-state index contributed by atoms with van der Waals surface area (Å²) < 4.78 is 5.78. The zero-order chi connectivity index (χ0) is 15.9. The van der Waals surface area contributed by atoms with Gasteiger partial charge in [0.1, 0.15) is 11.8 Å². The molecule has 4 heteroatoms. The van der Waals surface area contributed by atoms with E-state index in [4.69, 9.17) is 4.42 Å². The van der Waals surface area contributed by atoms with Gasteiger partial charge in [0.25, 0.3) is 0 Å². The average Bonchev–Trinajstić information content (AvgIpc) is 2.56. The van der Waals surface area contributed by atoms with Gasteiger partial charge in [-0.3, -0.25) is 4.79 Å². The molecule has 0 radical (unpaired) electrons. The molecule has 3 rings (SSSR count). The average molecular weight is 311 g/mol. The molecule has 0 saturated carbocycles. The molecule has 1 atom stereocenters. The third kappa shape index (κ3) is 2.26. The first kappa shape index (κ1) is 14.9. The van der Waals surface area contributed by atoms with Crippen LogP contribution < -0.4 is 5.43 Å². The molecule has 0 fully saturated rings. The van der Waals surface area contributed by atoms with Crippen molar-refractivity contribution in [2.45, 2.75) is 43.8 Å². The molecule has 1 aliphatic heterocycles. The number of fused-ring (bicyclic) bond motifs is 3. The summed E-state index contributed by atoms with van der Waals surface area (Å²) in [5.74, 6) is 1.75. The molecule has 112 valence electrons. The summed E-state index contributed by atoms with van der Waals surface area (Å²) in [5.41, 5.74) is 3.19. The van der Waals surface area contributed by atoms with Crippen LogP contribution in [0.3, 0.4) is 0 Å². The molecule has 22 heavy (non-hydrogen) atoms. The van der Waals surface area contributed by atoms with Crippen molar-refractivity contribution in [3.05, 3.63) is 50.9 Å². The Balaban J connectivity index is 2.27. The van der Waals surface area contributed by atoms with E-state index < -0.39 is 0 Å². The maximum absolute atomic E-state index is 12.5. The minimum Gasteiger partial charge on any atom is -0.445 e. The van der Waals surface area contributed by atoms with Crippen molar-refractivity contribution >= 4 is 11.8 Å². The van der Waals surface area contributed by atoms with Crippen LogP contribution >= 0.6 is 11.8 Å².